The second-order valence-corrected chi connectivity index (χ2v) is 4.57. The van der Waals surface area contributed by atoms with Crippen LogP contribution in [-0.2, 0) is 4.79 Å². The predicted octanol–water partition coefficient (Wildman–Crippen LogP) is 2.91. The number of nitrogens with one attached hydrogen (secondary N) is 1. The summed E-state index contributed by atoms with van der Waals surface area (Å²) in [6.45, 7) is 0.702. The van der Waals surface area contributed by atoms with Gasteiger partial charge in [0.2, 0.25) is 5.91 Å². The van der Waals surface area contributed by atoms with Crippen molar-refractivity contribution in [1.29, 1.82) is 0 Å². The molecule has 1 amide bonds. The standard InChI is InChI=1S/C12H17BrN2O/c13-10-5-4-6-11(9-10)15-12(16)7-2-1-3-8-14/h4-6,9H,1-3,7-8,14H2,(H,15,16). The Morgan fingerprint density at radius 2 is 2.12 bits per heavy atom. The quantitative estimate of drug-likeness (QED) is 0.790. The van der Waals surface area contributed by atoms with Gasteiger partial charge in [-0.15, -0.1) is 0 Å². The van der Waals surface area contributed by atoms with Crippen LogP contribution in [0.15, 0.2) is 28.7 Å². The largest absolute Gasteiger partial charge is 0.330 e. The Morgan fingerprint density at radius 1 is 1.31 bits per heavy atom. The minimum Gasteiger partial charge on any atom is -0.330 e. The Hall–Kier alpha value is -0.870. The fraction of sp³-hybridized carbons (Fsp3) is 0.417. The van der Waals surface area contributed by atoms with Gasteiger partial charge in [0.05, 0.1) is 0 Å². The monoisotopic (exact) mass is 284 g/mol. The first kappa shape index (κ1) is 13.2. The van der Waals surface area contributed by atoms with Gasteiger partial charge in [0.15, 0.2) is 0 Å². The maximum Gasteiger partial charge on any atom is 0.224 e. The summed E-state index contributed by atoms with van der Waals surface area (Å²) in [6, 6.07) is 7.59. The first-order valence-corrected chi connectivity index (χ1v) is 6.27. The van der Waals surface area contributed by atoms with Crippen LogP contribution in [0.2, 0.25) is 0 Å². The Balaban J connectivity index is 2.29. The van der Waals surface area contributed by atoms with Gasteiger partial charge < -0.3 is 11.1 Å². The Kier molecular flexibility index (Phi) is 6.11. The molecule has 0 bridgehead atoms. The molecule has 1 rings (SSSR count). The zero-order chi connectivity index (χ0) is 11.8. The summed E-state index contributed by atoms with van der Waals surface area (Å²) in [7, 11) is 0. The third-order valence-electron chi connectivity index (χ3n) is 2.22. The lowest BCUT2D eigenvalue weighted by molar-refractivity contribution is -0.116. The van der Waals surface area contributed by atoms with Crippen LogP contribution in [0.3, 0.4) is 0 Å². The number of halogens is 1. The number of anilines is 1. The van der Waals surface area contributed by atoms with E-state index < -0.39 is 0 Å². The maximum atomic E-state index is 11.5. The molecule has 0 spiro atoms. The summed E-state index contributed by atoms with van der Waals surface area (Å²) in [4.78, 5) is 11.5. The molecule has 0 aliphatic carbocycles. The number of hydrogen-bond donors (Lipinski definition) is 2. The van der Waals surface area contributed by atoms with Crippen LogP contribution in [0, 0.1) is 0 Å². The smallest absolute Gasteiger partial charge is 0.224 e. The summed E-state index contributed by atoms with van der Waals surface area (Å²) >= 11 is 3.36. The van der Waals surface area contributed by atoms with Gasteiger partial charge in [-0.25, -0.2) is 0 Å². The van der Waals surface area contributed by atoms with E-state index in [9.17, 15) is 4.79 Å². The fourth-order valence-electron chi connectivity index (χ4n) is 1.40. The Bertz CT molecular complexity index is 342. The predicted molar refractivity (Wildman–Crippen MR) is 70.3 cm³/mol. The van der Waals surface area contributed by atoms with Crippen LogP contribution < -0.4 is 11.1 Å². The molecule has 0 saturated heterocycles. The van der Waals surface area contributed by atoms with Gasteiger partial charge in [-0.05, 0) is 37.6 Å². The van der Waals surface area contributed by atoms with Gasteiger partial charge in [0.25, 0.3) is 0 Å². The van der Waals surface area contributed by atoms with E-state index in [0.29, 0.717) is 13.0 Å². The zero-order valence-electron chi connectivity index (χ0n) is 9.21. The highest BCUT2D eigenvalue weighted by Crippen LogP contribution is 2.16. The molecular weight excluding hydrogens is 268 g/mol. The lowest BCUT2D eigenvalue weighted by Gasteiger charge is -2.05. The number of carbonyl (C=O) groups excluding carboxylic acids is 1. The number of benzene rings is 1. The molecule has 1 aromatic carbocycles. The van der Waals surface area contributed by atoms with Gasteiger partial charge in [-0.3, -0.25) is 4.79 Å². The van der Waals surface area contributed by atoms with Gasteiger partial charge in [0.1, 0.15) is 0 Å². The average Bonchev–Trinajstić information content (AvgIpc) is 2.24. The van der Waals surface area contributed by atoms with Crippen molar-refractivity contribution in [2.24, 2.45) is 5.73 Å². The zero-order valence-corrected chi connectivity index (χ0v) is 10.8. The van der Waals surface area contributed by atoms with Crippen LogP contribution >= 0.6 is 15.9 Å². The number of amides is 1. The highest BCUT2D eigenvalue weighted by molar-refractivity contribution is 9.10. The molecule has 0 atom stereocenters. The third kappa shape index (κ3) is 5.28. The molecule has 0 saturated carbocycles. The Labute approximate surface area is 105 Å². The molecule has 1 aromatic rings. The van der Waals surface area contributed by atoms with E-state index in [2.05, 4.69) is 21.2 Å². The van der Waals surface area contributed by atoms with Crippen molar-refractivity contribution in [3.8, 4) is 0 Å². The van der Waals surface area contributed by atoms with E-state index in [1.54, 1.807) is 0 Å². The van der Waals surface area contributed by atoms with E-state index in [-0.39, 0.29) is 5.91 Å². The van der Waals surface area contributed by atoms with Crippen molar-refractivity contribution in [3.63, 3.8) is 0 Å². The van der Waals surface area contributed by atoms with Crippen LogP contribution in [-0.4, -0.2) is 12.5 Å². The first-order chi connectivity index (χ1) is 7.72. The Morgan fingerprint density at radius 3 is 2.81 bits per heavy atom. The molecule has 16 heavy (non-hydrogen) atoms. The lowest BCUT2D eigenvalue weighted by Crippen LogP contribution is -2.11. The van der Waals surface area contributed by atoms with Crippen molar-refractivity contribution in [2.75, 3.05) is 11.9 Å². The number of carbonyl (C=O) groups is 1. The van der Waals surface area contributed by atoms with Crippen molar-refractivity contribution in [1.82, 2.24) is 0 Å². The molecule has 0 radical (unpaired) electrons. The van der Waals surface area contributed by atoms with Gasteiger partial charge in [0, 0.05) is 16.6 Å². The van der Waals surface area contributed by atoms with Gasteiger partial charge >= 0.3 is 0 Å². The third-order valence-corrected chi connectivity index (χ3v) is 2.71. The highest BCUT2D eigenvalue weighted by atomic mass is 79.9. The van der Waals surface area contributed by atoms with Crippen molar-refractivity contribution < 1.29 is 4.79 Å². The minimum atomic E-state index is 0.0649. The molecule has 3 N–H and O–H groups in total. The molecule has 0 fully saturated rings. The van der Waals surface area contributed by atoms with E-state index in [1.807, 2.05) is 24.3 Å². The van der Waals surface area contributed by atoms with Crippen LogP contribution in [0.25, 0.3) is 0 Å². The molecular formula is C12H17BrN2O. The SMILES string of the molecule is NCCCCCC(=O)Nc1cccc(Br)c1. The average molecular weight is 285 g/mol. The summed E-state index contributed by atoms with van der Waals surface area (Å²) in [6.07, 6.45) is 3.47. The van der Waals surface area contributed by atoms with E-state index >= 15 is 0 Å². The number of nitrogens with two attached hydrogens (primary N) is 1. The number of rotatable bonds is 6. The first-order valence-electron chi connectivity index (χ1n) is 5.48. The van der Waals surface area contributed by atoms with Crippen molar-refractivity contribution in [2.45, 2.75) is 25.7 Å². The number of unbranched alkanes of at least 4 members (excludes halogenated alkanes) is 2. The van der Waals surface area contributed by atoms with Crippen LogP contribution in [0.5, 0.6) is 0 Å². The summed E-state index contributed by atoms with van der Waals surface area (Å²) in [5.41, 5.74) is 6.21. The maximum absolute atomic E-state index is 11.5. The summed E-state index contributed by atoms with van der Waals surface area (Å²) < 4.78 is 0.966. The molecule has 0 heterocycles. The van der Waals surface area contributed by atoms with Gasteiger partial charge in [-0.1, -0.05) is 28.4 Å². The minimum absolute atomic E-state index is 0.0649. The molecule has 3 nitrogen and oxygen atoms in total. The number of hydrogen-bond acceptors (Lipinski definition) is 2. The van der Waals surface area contributed by atoms with E-state index in [1.165, 1.54) is 0 Å². The fourth-order valence-corrected chi connectivity index (χ4v) is 1.80. The lowest BCUT2D eigenvalue weighted by atomic mass is 10.2. The second-order valence-electron chi connectivity index (χ2n) is 3.66. The second kappa shape index (κ2) is 7.41. The van der Waals surface area contributed by atoms with E-state index in [0.717, 1.165) is 29.4 Å². The van der Waals surface area contributed by atoms with Crippen LogP contribution in [0.1, 0.15) is 25.7 Å². The van der Waals surface area contributed by atoms with E-state index in [4.69, 9.17) is 5.73 Å². The van der Waals surface area contributed by atoms with Crippen molar-refractivity contribution in [3.05, 3.63) is 28.7 Å². The molecule has 0 unspecified atom stereocenters. The van der Waals surface area contributed by atoms with Crippen LogP contribution in [0.4, 0.5) is 5.69 Å². The van der Waals surface area contributed by atoms with Gasteiger partial charge in [-0.2, -0.15) is 0 Å². The van der Waals surface area contributed by atoms with Crippen molar-refractivity contribution >= 4 is 27.5 Å². The summed E-state index contributed by atoms with van der Waals surface area (Å²) in [5.74, 6) is 0.0649. The summed E-state index contributed by atoms with van der Waals surface area (Å²) in [5, 5.41) is 2.86. The highest BCUT2D eigenvalue weighted by Gasteiger charge is 2.01. The normalized spacial score (nSPS) is 10.1. The topological polar surface area (TPSA) is 55.1 Å². The molecule has 0 aliphatic rings. The molecule has 88 valence electrons. The molecule has 0 aliphatic heterocycles. The molecule has 4 heteroatoms. The molecule has 0 aromatic heterocycles.